The number of nitrogens with one attached hydrogen (secondary N) is 1. The molecule has 130 valence electrons. The number of methoxy groups -OCH3 is 1. The van der Waals surface area contributed by atoms with E-state index in [0.29, 0.717) is 17.0 Å². The van der Waals surface area contributed by atoms with Gasteiger partial charge in [-0.2, -0.15) is 16.3 Å². The van der Waals surface area contributed by atoms with E-state index >= 15 is 0 Å². The number of benzene rings is 1. The summed E-state index contributed by atoms with van der Waals surface area (Å²) in [6.07, 6.45) is 0. The predicted octanol–water partition coefficient (Wildman–Crippen LogP) is 3.86. The molecule has 3 aromatic heterocycles. The zero-order chi connectivity index (χ0) is 18.1. The summed E-state index contributed by atoms with van der Waals surface area (Å²) in [5.74, 6) is -0.145. The van der Waals surface area contributed by atoms with Gasteiger partial charge in [0.1, 0.15) is 5.82 Å². The summed E-state index contributed by atoms with van der Waals surface area (Å²) >= 11 is 1.58. The van der Waals surface area contributed by atoms with Crippen LogP contribution in [0.3, 0.4) is 0 Å². The SMILES string of the molecule is COc1ccc(-c2ccsc2)n2nc(NC(=O)c3ccc(F)cc3)nc12. The molecule has 4 rings (SSSR count). The van der Waals surface area contributed by atoms with E-state index in [0.717, 1.165) is 11.3 Å². The molecule has 0 radical (unpaired) electrons. The zero-order valence-corrected chi connectivity index (χ0v) is 14.5. The molecule has 0 atom stereocenters. The maximum Gasteiger partial charge on any atom is 0.258 e. The minimum atomic E-state index is -0.419. The van der Waals surface area contributed by atoms with Crippen molar-refractivity contribution in [2.45, 2.75) is 0 Å². The molecule has 1 aromatic carbocycles. The van der Waals surface area contributed by atoms with E-state index in [-0.39, 0.29) is 5.95 Å². The Morgan fingerprint density at radius 2 is 2.00 bits per heavy atom. The van der Waals surface area contributed by atoms with Crippen LogP contribution in [0, 0.1) is 5.82 Å². The van der Waals surface area contributed by atoms with Crippen LogP contribution in [-0.4, -0.2) is 27.6 Å². The number of pyridine rings is 1. The molecule has 1 amide bonds. The Labute approximate surface area is 151 Å². The molecule has 8 heteroatoms. The van der Waals surface area contributed by atoms with Gasteiger partial charge < -0.3 is 4.74 Å². The number of halogens is 1. The number of rotatable bonds is 4. The Kier molecular flexibility index (Phi) is 4.10. The normalized spacial score (nSPS) is 10.8. The Balaban J connectivity index is 1.73. The number of nitrogens with zero attached hydrogens (tertiary/aromatic N) is 3. The number of amides is 1. The summed E-state index contributed by atoms with van der Waals surface area (Å²) in [6.45, 7) is 0. The number of aromatic nitrogens is 3. The molecule has 0 aliphatic carbocycles. The van der Waals surface area contributed by atoms with Gasteiger partial charge in [0.2, 0.25) is 5.95 Å². The number of hydrogen-bond acceptors (Lipinski definition) is 5. The van der Waals surface area contributed by atoms with Gasteiger partial charge in [-0.1, -0.05) is 0 Å². The van der Waals surface area contributed by atoms with E-state index in [1.54, 1.807) is 23.0 Å². The number of carbonyl (C=O) groups is 1. The van der Waals surface area contributed by atoms with Crippen LogP contribution in [0.5, 0.6) is 5.75 Å². The second-order valence-corrected chi connectivity index (χ2v) is 6.21. The van der Waals surface area contributed by atoms with Crippen LogP contribution in [0.1, 0.15) is 10.4 Å². The Morgan fingerprint density at radius 1 is 1.19 bits per heavy atom. The van der Waals surface area contributed by atoms with Crippen LogP contribution < -0.4 is 10.1 Å². The first kappa shape index (κ1) is 16.2. The van der Waals surface area contributed by atoms with Gasteiger partial charge in [-0.15, -0.1) is 5.10 Å². The molecule has 0 aliphatic rings. The number of carbonyl (C=O) groups excluding carboxylic acids is 1. The minimum absolute atomic E-state index is 0.139. The van der Waals surface area contributed by atoms with Crippen molar-refractivity contribution in [3.05, 3.63) is 64.6 Å². The van der Waals surface area contributed by atoms with Gasteiger partial charge in [0, 0.05) is 16.5 Å². The lowest BCUT2D eigenvalue weighted by atomic mass is 10.2. The molecule has 0 saturated carbocycles. The summed E-state index contributed by atoms with van der Waals surface area (Å²) in [7, 11) is 1.55. The van der Waals surface area contributed by atoms with Crippen molar-refractivity contribution < 1.29 is 13.9 Å². The average molecular weight is 368 g/mol. The Morgan fingerprint density at radius 3 is 2.69 bits per heavy atom. The first-order valence-electron chi connectivity index (χ1n) is 7.69. The van der Waals surface area contributed by atoms with Crippen LogP contribution in [0.15, 0.2) is 53.2 Å². The van der Waals surface area contributed by atoms with Crippen molar-refractivity contribution in [1.29, 1.82) is 0 Å². The molecule has 0 unspecified atom stereocenters. The lowest BCUT2D eigenvalue weighted by molar-refractivity contribution is 0.102. The number of anilines is 1. The predicted molar refractivity (Wildman–Crippen MR) is 97.2 cm³/mol. The van der Waals surface area contributed by atoms with Crippen molar-refractivity contribution in [2.75, 3.05) is 12.4 Å². The van der Waals surface area contributed by atoms with Gasteiger partial charge in [0.05, 0.1) is 12.8 Å². The quantitative estimate of drug-likeness (QED) is 0.594. The highest BCUT2D eigenvalue weighted by atomic mass is 32.1. The average Bonchev–Trinajstić information content (AvgIpc) is 3.31. The first-order valence-corrected chi connectivity index (χ1v) is 8.63. The molecule has 0 fully saturated rings. The molecular formula is C18H13FN4O2S. The van der Waals surface area contributed by atoms with Crippen LogP contribution in [-0.2, 0) is 0 Å². The first-order chi connectivity index (χ1) is 12.7. The van der Waals surface area contributed by atoms with Crippen LogP contribution >= 0.6 is 11.3 Å². The second-order valence-electron chi connectivity index (χ2n) is 5.43. The maximum absolute atomic E-state index is 13.0. The van der Waals surface area contributed by atoms with Crippen LogP contribution in [0.2, 0.25) is 0 Å². The minimum Gasteiger partial charge on any atom is -0.493 e. The van der Waals surface area contributed by atoms with Crippen molar-refractivity contribution in [3.8, 4) is 17.0 Å². The third-order valence-corrected chi connectivity index (χ3v) is 4.50. The molecule has 4 aromatic rings. The molecule has 0 spiro atoms. The third-order valence-electron chi connectivity index (χ3n) is 3.82. The molecule has 0 aliphatic heterocycles. The van der Waals surface area contributed by atoms with Crippen LogP contribution in [0.25, 0.3) is 16.9 Å². The highest BCUT2D eigenvalue weighted by Gasteiger charge is 2.16. The van der Waals surface area contributed by atoms with Gasteiger partial charge in [-0.05, 0) is 47.8 Å². The summed E-state index contributed by atoms with van der Waals surface area (Å²) in [5, 5.41) is 11.0. The monoisotopic (exact) mass is 368 g/mol. The molecule has 1 N–H and O–H groups in total. The zero-order valence-electron chi connectivity index (χ0n) is 13.6. The standard InChI is InChI=1S/C18H13FN4O2S/c1-25-15-7-6-14(12-8-9-26-10-12)23-16(15)20-18(22-23)21-17(24)11-2-4-13(19)5-3-11/h2-10H,1H3,(H,21,22,24). The highest BCUT2D eigenvalue weighted by Crippen LogP contribution is 2.28. The van der Waals surface area contributed by atoms with E-state index < -0.39 is 11.7 Å². The van der Waals surface area contributed by atoms with E-state index in [4.69, 9.17) is 4.74 Å². The lowest BCUT2D eigenvalue weighted by Gasteiger charge is -2.05. The van der Waals surface area contributed by atoms with Crippen molar-refractivity contribution >= 4 is 28.8 Å². The van der Waals surface area contributed by atoms with Gasteiger partial charge in [-0.25, -0.2) is 8.91 Å². The van der Waals surface area contributed by atoms with Gasteiger partial charge in [0.15, 0.2) is 11.4 Å². The lowest BCUT2D eigenvalue weighted by Crippen LogP contribution is -2.13. The summed E-state index contributed by atoms with van der Waals surface area (Å²) in [4.78, 5) is 16.7. The van der Waals surface area contributed by atoms with Gasteiger partial charge in [-0.3, -0.25) is 10.1 Å². The van der Waals surface area contributed by atoms with Crippen molar-refractivity contribution in [3.63, 3.8) is 0 Å². The maximum atomic E-state index is 13.0. The molecule has 26 heavy (non-hydrogen) atoms. The Bertz CT molecular complexity index is 1070. The number of hydrogen-bond donors (Lipinski definition) is 1. The number of ether oxygens (including phenoxy) is 1. The van der Waals surface area contributed by atoms with Crippen molar-refractivity contribution in [2.24, 2.45) is 0 Å². The summed E-state index contributed by atoms with van der Waals surface area (Å²) in [6, 6.07) is 10.9. The molecule has 0 bridgehead atoms. The second kappa shape index (κ2) is 6.57. The van der Waals surface area contributed by atoms with E-state index in [9.17, 15) is 9.18 Å². The van der Waals surface area contributed by atoms with Gasteiger partial charge in [0.25, 0.3) is 5.91 Å². The fourth-order valence-electron chi connectivity index (χ4n) is 2.56. The molecule has 3 heterocycles. The summed E-state index contributed by atoms with van der Waals surface area (Å²) in [5.41, 5.74) is 2.63. The molecule has 6 nitrogen and oxygen atoms in total. The number of thiophene rings is 1. The fourth-order valence-corrected chi connectivity index (χ4v) is 3.20. The number of fused-ring (bicyclic) bond motifs is 1. The largest absolute Gasteiger partial charge is 0.493 e. The molecule has 0 saturated heterocycles. The van der Waals surface area contributed by atoms with Crippen molar-refractivity contribution in [1.82, 2.24) is 14.6 Å². The van der Waals surface area contributed by atoms with E-state index in [1.165, 1.54) is 24.3 Å². The highest BCUT2D eigenvalue weighted by molar-refractivity contribution is 7.08. The van der Waals surface area contributed by atoms with Gasteiger partial charge >= 0.3 is 0 Å². The Hall–Kier alpha value is -3.26. The van der Waals surface area contributed by atoms with E-state index in [2.05, 4.69) is 15.4 Å². The molecular weight excluding hydrogens is 355 g/mol. The fraction of sp³-hybridized carbons (Fsp3) is 0.0556. The smallest absolute Gasteiger partial charge is 0.258 e. The third kappa shape index (κ3) is 2.91. The topological polar surface area (TPSA) is 68.5 Å². The van der Waals surface area contributed by atoms with E-state index in [1.807, 2.05) is 29.0 Å². The summed E-state index contributed by atoms with van der Waals surface area (Å²) < 4.78 is 20.0. The van der Waals surface area contributed by atoms with Crippen LogP contribution in [0.4, 0.5) is 10.3 Å².